The van der Waals surface area contributed by atoms with Crippen molar-refractivity contribution in [3.8, 4) is 0 Å². The molecule has 2 rings (SSSR count). The lowest BCUT2D eigenvalue weighted by Crippen LogP contribution is -2.50. The molecule has 1 saturated heterocycles. The summed E-state index contributed by atoms with van der Waals surface area (Å²) in [6.07, 6.45) is 0.926. The molecule has 140 valence electrons. The SMILES string of the molecule is CCC(C)NC(=O)CN1CCN(CCS(=O)(=O)c2ccccc2)CC1. The van der Waals surface area contributed by atoms with Gasteiger partial charge in [-0.15, -0.1) is 0 Å². The maximum Gasteiger partial charge on any atom is 0.234 e. The van der Waals surface area contributed by atoms with Crippen LogP contribution < -0.4 is 5.32 Å². The van der Waals surface area contributed by atoms with Gasteiger partial charge < -0.3 is 5.32 Å². The summed E-state index contributed by atoms with van der Waals surface area (Å²) in [5.74, 6) is 0.195. The summed E-state index contributed by atoms with van der Waals surface area (Å²) in [6.45, 7) is 8.17. The van der Waals surface area contributed by atoms with E-state index in [9.17, 15) is 13.2 Å². The van der Waals surface area contributed by atoms with Crippen LogP contribution in [-0.2, 0) is 14.6 Å². The lowest BCUT2D eigenvalue weighted by atomic mass is 10.2. The van der Waals surface area contributed by atoms with Gasteiger partial charge in [0.15, 0.2) is 9.84 Å². The van der Waals surface area contributed by atoms with Crippen LogP contribution in [0.3, 0.4) is 0 Å². The van der Waals surface area contributed by atoms with Crippen molar-refractivity contribution in [2.75, 3.05) is 45.0 Å². The number of carbonyl (C=O) groups excluding carboxylic acids is 1. The Hall–Kier alpha value is -1.44. The van der Waals surface area contributed by atoms with E-state index in [1.165, 1.54) is 0 Å². The molecule has 1 N–H and O–H groups in total. The number of carbonyl (C=O) groups is 1. The minimum atomic E-state index is -3.23. The van der Waals surface area contributed by atoms with Crippen molar-refractivity contribution in [1.29, 1.82) is 0 Å². The third kappa shape index (κ3) is 6.41. The van der Waals surface area contributed by atoms with Crippen LogP contribution in [0.2, 0.25) is 0 Å². The first-order chi connectivity index (χ1) is 11.9. The van der Waals surface area contributed by atoms with Gasteiger partial charge in [-0.2, -0.15) is 0 Å². The average molecular weight is 368 g/mol. The molecule has 0 spiro atoms. The maximum absolute atomic E-state index is 12.3. The molecule has 1 aliphatic heterocycles. The zero-order valence-corrected chi connectivity index (χ0v) is 16.0. The van der Waals surface area contributed by atoms with Gasteiger partial charge in [0.1, 0.15) is 0 Å². The Morgan fingerprint density at radius 1 is 1.12 bits per heavy atom. The molecular weight excluding hydrogens is 338 g/mol. The Morgan fingerprint density at radius 2 is 1.72 bits per heavy atom. The van der Waals surface area contributed by atoms with Crippen molar-refractivity contribution in [2.45, 2.75) is 31.2 Å². The molecule has 1 fully saturated rings. The Kier molecular flexibility index (Phi) is 7.40. The van der Waals surface area contributed by atoms with Crippen LogP contribution in [0.25, 0.3) is 0 Å². The van der Waals surface area contributed by atoms with Gasteiger partial charge in [0.2, 0.25) is 5.91 Å². The Morgan fingerprint density at radius 3 is 2.32 bits per heavy atom. The minimum Gasteiger partial charge on any atom is -0.353 e. The zero-order valence-electron chi connectivity index (χ0n) is 15.1. The van der Waals surface area contributed by atoms with Crippen molar-refractivity contribution in [3.63, 3.8) is 0 Å². The quantitative estimate of drug-likeness (QED) is 0.742. The third-order valence-electron chi connectivity index (χ3n) is 4.63. The highest BCUT2D eigenvalue weighted by Crippen LogP contribution is 2.11. The van der Waals surface area contributed by atoms with Crippen molar-refractivity contribution in [3.05, 3.63) is 30.3 Å². The van der Waals surface area contributed by atoms with Gasteiger partial charge in [-0.3, -0.25) is 14.6 Å². The summed E-state index contributed by atoms with van der Waals surface area (Å²) >= 11 is 0. The normalized spacial score (nSPS) is 18.0. The van der Waals surface area contributed by atoms with Crippen LogP contribution in [-0.4, -0.2) is 75.2 Å². The predicted octanol–water partition coefficient (Wildman–Crippen LogP) is 0.993. The number of amides is 1. The first-order valence-electron chi connectivity index (χ1n) is 8.92. The maximum atomic E-state index is 12.3. The van der Waals surface area contributed by atoms with Crippen LogP contribution in [0.5, 0.6) is 0 Å². The second-order valence-corrected chi connectivity index (χ2v) is 8.74. The summed E-state index contributed by atoms with van der Waals surface area (Å²) in [5.41, 5.74) is 0. The van der Waals surface area contributed by atoms with Crippen LogP contribution >= 0.6 is 0 Å². The number of benzene rings is 1. The first-order valence-corrected chi connectivity index (χ1v) is 10.6. The van der Waals surface area contributed by atoms with Crippen molar-refractivity contribution in [2.24, 2.45) is 0 Å². The second kappa shape index (κ2) is 9.31. The second-order valence-electron chi connectivity index (χ2n) is 6.63. The van der Waals surface area contributed by atoms with E-state index in [4.69, 9.17) is 0 Å². The van der Waals surface area contributed by atoms with Crippen LogP contribution in [0.1, 0.15) is 20.3 Å². The number of hydrogen-bond acceptors (Lipinski definition) is 5. The Balaban J connectivity index is 1.73. The zero-order chi connectivity index (χ0) is 18.3. The van der Waals surface area contributed by atoms with Crippen LogP contribution in [0.4, 0.5) is 0 Å². The standard InChI is InChI=1S/C18H29N3O3S/c1-3-16(2)19-18(22)15-21-11-9-20(10-12-21)13-14-25(23,24)17-7-5-4-6-8-17/h4-8,16H,3,9-15H2,1-2H3,(H,19,22). The van der Waals surface area contributed by atoms with E-state index in [0.717, 1.165) is 32.6 Å². The van der Waals surface area contributed by atoms with Crippen molar-refractivity contribution >= 4 is 15.7 Å². The molecule has 0 aromatic heterocycles. The number of sulfone groups is 1. The third-order valence-corrected chi connectivity index (χ3v) is 6.34. The molecule has 1 amide bonds. The van der Waals surface area contributed by atoms with Gasteiger partial charge in [0.05, 0.1) is 17.2 Å². The molecule has 7 heteroatoms. The summed E-state index contributed by atoms with van der Waals surface area (Å²) in [5, 5.41) is 2.98. The van der Waals surface area contributed by atoms with Gasteiger partial charge in [-0.1, -0.05) is 25.1 Å². The van der Waals surface area contributed by atoms with Crippen molar-refractivity contribution in [1.82, 2.24) is 15.1 Å². The molecule has 0 radical (unpaired) electrons. The molecule has 0 bridgehead atoms. The molecular formula is C18H29N3O3S. The van der Waals surface area contributed by atoms with E-state index >= 15 is 0 Å². The lowest BCUT2D eigenvalue weighted by molar-refractivity contribution is -0.123. The highest BCUT2D eigenvalue weighted by molar-refractivity contribution is 7.91. The van der Waals surface area contributed by atoms with Crippen molar-refractivity contribution < 1.29 is 13.2 Å². The lowest BCUT2D eigenvalue weighted by Gasteiger charge is -2.34. The smallest absolute Gasteiger partial charge is 0.234 e. The van der Waals surface area contributed by atoms with Gasteiger partial charge in [-0.25, -0.2) is 8.42 Å². The Bertz CT molecular complexity index is 641. The Labute approximate surface area is 151 Å². The van der Waals surface area contributed by atoms with Gasteiger partial charge >= 0.3 is 0 Å². The van der Waals surface area contributed by atoms with E-state index in [-0.39, 0.29) is 17.7 Å². The molecule has 0 saturated carbocycles. The van der Waals surface area contributed by atoms with Crippen LogP contribution in [0.15, 0.2) is 35.2 Å². The molecule has 0 aliphatic carbocycles. The number of nitrogens with zero attached hydrogens (tertiary/aromatic N) is 2. The fourth-order valence-corrected chi connectivity index (χ4v) is 4.10. The molecule has 1 aliphatic rings. The molecule has 1 aromatic carbocycles. The number of nitrogens with one attached hydrogen (secondary N) is 1. The molecule has 1 heterocycles. The molecule has 6 nitrogen and oxygen atoms in total. The molecule has 1 aromatic rings. The van der Waals surface area contributed by atoms with Crippen LogP contribution in [0, 0.1) is 0 Å². The molecule has 25 heavy (non-hydrogen) atoms. The molecule has 1 unspecified atom stereocenters. The number of rotatable bonds is 8. The van der Waals surface area contributed by atoms with E-state index in [2.05, 4.69) is 15.1 Å². The van der Waals surface area contributed by atoms with E-state index < -0.39 is 9.84 Å². The van der Waals surface area contributed by atoms with Gasteiger partial charge in [0, 0.05) is 38.8 Å². The van der Waals surface area contributed by atoms with E-state index in [1.807, 2.05) is 19.9 Å². The summed E-state index contributed by atoms with van der Waals surface area (Å²) in [6, 6.07) is 8.80. The largest absolute Gasteiger partial charge is 0.353 e. The van der Waals surface area contributed by atoms with Gasteiger partial charge in [0.25, 0.3) is 0 Å². The summed E-state index contributed by atoms with van der Waals surface area (Å²) in [7, 11) is -3.23. The van der Waals surface area contributed by atoms with E-state index in [0.29, 0.717) is 18.0 Å². The fourth-order valence-electron chi connectivity index (χ4n) is 2.79. The predicted molar refractivity (Wildman–Crippen MR) is 99.3 cm³/mol. The molecule has 1 atom stereocenters. The van der Waals surface area contributed by atoms with Gasteiger partial charge in [-0.05, 0) is 25.5 Å². The topological polar surface area (TPSA) is 69.7 Å². The summed E-state index contributed by atoms with van der Waals surface area (Å²) in [4.78, 5) is 16.6. The fraction of sp³-hybridized carbons (Fsp3) is 0.611. The van der Waals surface area contributed by atoms with E-state index in [1.54, 1.807) is 24.3 Å². The first kappa shape index (κ1) is 19.9. The number of piperazine rings is 1. The highest BCUT2D eigenvalue weighted by Gasteiger charge is 2.21. The average Bonchev–Trinajstić information content (AvgIpc) is 2.61. The monoisotopic (exact) mass is 367 g/mol. The highest BCUT2D eigenvalue weighted by atomic mass is 32.2. The minimum absolute atomic E-state index is 0.0643. The summed E-state index contributed by atoms with van der Waals surface area (Å²) < 4.78 is 24.7. The number of hydrogen-bond donors (Lipinski definition) is 1.